The molecule has 1 aromatic carbocycles. The smallest absolute Gasteiger partial charge is 0.165 e. The molecule has 1 N–H and O–H groups in total. The third kappa shape index (κ3) is 3.57. The molecule has 1 saturated heterocycles. The number of hydrogen-bond acceptors (Lipinski definition) is 4. The minimum Gasteiger partial charge on any atom is -0.493 e. The fourth-order valence-electron chi connectivity index (χ4n) is 2.27. The van der Waals surface area contributed by atoms with Gasteiger partial charge < -0.3 is 14.6 Å². The maximum Gasteiger partial charge on any atom is 0.165 e. The summed E-state index contributed by atoms with van der Waals surface area (Å²) < 4.78 is 11.6. The van der Waals surface area contributed by atoms with Crippen LogP contribution in [0, 0.1) is 0 Å². The van der Waals surface area contributed by atoms with Crippen molar-refractivity contribution in [3.8, 4) is 11.5 Å². The maximum atomic E-state index is 9.38. The van der Waals surface area contributed by atoms with Crippen molar-refractivity contribution in [1.29, 1.82) is 0 Å². The summed E-state index contributed by atoms with van der Waals surface area (Å²) in [6.07, 6.45) is 2.42. The van der Waals surface area contributed by atoms with Crippen LogP contribution in [0.5, 0.6) is 11.5 Å². The zero-order valence-electron chi connectivity index (χ0n) is 11.6. The van der Waals surface area contributed by atoms with E-state index in [9.17, 15) is 5.11 Å². The van der Waals surface area contributed by atoms with Gasteiger partial charge in [0.15, 0.2) is 11.5 Å². The van der Waals surface area contributed by atoms with Crippen LogP contribution >= 0.6 is 11.8 Å². The molecule has 0 aromatic heterocycles. The molecule has 3 nitrogen and oxygen atoms in total. The van der Waals surface area contributed by atoms with Gasteiger partial charge in [0.05, 0.1) is 7.11 Å². The van der Waals surface area contributed by atoms with Crippen molar-refractivity contribution >= 4 is 11.8 Å². The van der Waals surface area contributed by atoms with E-state index in [1.54, 1.807) is 7.11 Å². The standard InChI is InChI=1S/C15H22O3S/c1-11(10-16)13-4-3-5-14(17-2)15(13)18-12-6-8-19-9-7-12/h3-5,11-12,16H,6-10H2,1-2H3. The molecule has 4 heteroatoms. The quantitative estimate of drug-likeness (QED) is 0.901. The van der Waals surface area contributed by atoms with Crippen molar-refractivity contribution < 1.29 is 14.6 Å². The van der Waals surface area contributed by atoms with E-state index in [2.05, 4.69) is 0 Å². The second kappa shape index (κ2) is 7.06. The molecule has 0 aliphatic carbocycles. The van der Waals surface area contributed by atoms with Gasteiger partial charge >= 0.3 is 0 Å². The number of aliphatic hydroxyl groups is 1. The van der Waals surface area contributed by atoms with E-state index in [1.165, 1.54) is 0 Å². The lowest BCUT2D eigenvalue weighted by atomic mass is 10.0. The molecule has 0 bridgehead atoms. The topological polar surface area (TPSA) is 38.7 Å². The summed E-state index contributed by atoms with van der Waals surface area (Å²) in [4.78, 5) is 0. The summed E-state index contributed by atoms with van der Waals surface area (Å²) in [6, 6.07) is 5.88. The molecule has 1 atom stereocenters. The minimum atomic E-state index is 0.0584. The number of thioether (sulfide) groups is 1. The second-order valence-corrected chi connectivity index (χ2v) is 6.12. The van der Waals surface area contributed by atoms with Crippen LogP contribution in [0.25, 0.3) is 0 Å². The number of methoxy groups -OCH3 is 1. The molecule has 1 unspecified atom stereocenters. The fraction of sp³-hybridized carbons (Fsp3) is 0.600. The Morgan fingerprint density at radius 3 is 2.74 bits per heavy atom. The largest absolute Gasteiger partial charge is 0.493 e. The predicted molar refractivity (Wildman–Crippen MR) is 79.5 cm³/mol. The summed E-state index contributed by atoms with van der Waals surface area (Å²) >= 11 is 1.98. The van der Waals surface area contributed by atoms with E-state index in [0.29, 0.717) is 0 Å². The summed E-state index contributed by atoms with van der Waals surface area (Å²) in [6.45, 7) is 2.11. The summed E-state index contributed by atoms with van der Waals surface area (Å²) in [5.41, 5.74) is 1.03. The highest BCUT2D eigenvalue weighted by molar-refractivity contribution is 7.99. The van der Waals surface area contributed by atoms with Gasteiger partial charge in [-0.1, -0.05) is 19.1 Å². The van der Waals surface area contributed by atoms with Crippen molar-refractivity contribution in [1.82, 2.24) is 0 Å². The monoisotopic (exact) mass is 282 g/mol. The van der Waals surface area contributed by atoms with Crippen LogP contribution in [-0.2, 0) is 0 Å². The Hall–Kier alpha value is -0.870. The van der Waals surface area contributed by atoms with Gasteiger partial charge in [-0.3, -0.25) is 0 Å². The Balaban J connectivity index is 2.24. The zero-order valence-corrected chi connectivity index (χ0v) is 12.4. The van der Waals surface area contributed by atoms with Gasteiger partial charge in [0.25, 0.3) is 0 Å². The molecule has 1 fully saturated rings. The highest BCUT2D eigenvalue weighted by Crippen LogP contribution is 2.37. The SMILES string of the molecule is COc1cccc(C(C)CO)c1OC1CCSCC1. The number of rotatable bonds is 5. The van der Waals surface area contributed by atoms with Crippen molar-refractivity contribution in [2.75, 3.05) is 25.2 Å². The van der Waals surface area contributed by atoms with E-state index in [4.69, 9.17) is 9.47 Å². The van der Waals surface area contributed by atoms with Gasteiger partial charge in [0.2, 0.25) is 0 Å². The van der Waals surface area contributed by atoms with Crippen LogP contribution in [0.15, 0.2) is 18.2 Å². The van der Waals surface area contributed by atoms with Crippen molar-refractivity contribution in [3.05, 3.63) is 23.8 Å². The van der Waals surface area contributed by atoms with Crippen molar-refractivity contribution in [2.45, 2.75) is 31.8 Å². The van der Waals surface area contributed by atoms with E-state index in [0.717, 1.165) is 41.4 Å². The molecule has 0 amide bonds. The van der Waals surface area contributed by atoms with Gasteiger partial charge in [0, 0.05) is 18.1 Å². The Morgan fingerprint density at radius 2 is 2.11 bits per heavy atom. The third-order valence-electron chi connectivity index (χ3n) is 3.49. The average Bonchev–Trinajstić information content (AvgIpc) is 2.47. The number of aliphatic hydroxyl groups excluding tert-OH is 1. The lowest BCUT2D eigenvalue weighted by molar-refractivity contribution is 0.179. The van der Waals surface area contributed by atoms with Crippen LogP contribution < -0.4 is 9.47 Å². The van der Waals surface area contributed by atoms with Gasteiger partial charge in [-0.25, -0.2) is 0 Å². The van der Waals surface area contributed by atoms with Gasteiger partial charge in [-0.05, 0) is 30.4 Å². The van der Waals surface area contributed by atoms with E-state index in [-0.39, 0.29) is 18.6 Å². The molecule has 0 spiro atoms. The molecule has 1 aliphatic rings. The Labute approximate surface area is 119 Å². The first kappa shape index (κ1) is 14.5. The molecule has 2 rings (SSSR count). The molecule has 1 heterocycles. The van der Waals surface area contributed by atoms with E-state index < -0.39 is 0 Å². The lowest BCUT2D eigenvalue weighted by Gasteiger charge is -2.26. The molecule has 106 valence electrons. The third-order valence-corrected chi connectivity index (χ3v) is 4.54. The highest BCUT2D eigenvalue weighted by atomic mass is 32.2. The molecule has 0 radical (unpaired) electrons. The second-order valence-electron chi connectivity index (χ2n) is 4.89. The molecule has 1 aliphatic heterocycles. The maximum absolute atomic E-state index is 9.38. The van der Waals surface area contributed by atoms with E-state index >= 15 is 0 Å². The molecule has 0 saturated carbocycles. The first-order chi connectivity index (χ1) is 9.26. The number of ether oxygens (including phenoxy) is 2. The Morgan fingerprint density at radius 1 is 1.37 bits per heavy atom. The number of hydrogen-bond donors (Lipinski definition) is 1. The first-order valence-corrected chi connectivity index (χ1v) is 7.94. The van der Waals surface area contributed by atoms with Crippen LogP contribution in [0.3, 0.4) is 0 Å². The fourth-order valence-corrected chi connectivity index (χ4v) is 3.33. The van der Waals surface area contributed by atoms with E-state index in [1.807, 2.05) is 36.9 Å². The van der Waals surface area contributed by atoms with Crippen LogP contribution in [0.2, 0.25) is 0 Å². The summed E-state index contributed by atoms with van der Waals surface area (Å²) in [5.74, 6) is 3.94. The molecule has 19 heavy (non-hydrogen) atoms. The van der Waals surface area contributed by atoms with Crippen LogP contribution in [0.4, 0.5) is 0 Å². The lowest BCUT2D eigenvalue weighted by Crippen LogP contribution is -2.23. The van der Waals surface area contributed by atoms with Crippen LogP contribution in [0.1, 0.15) is 31.2 Å². The number of benzene rings is 1. The molecule has 1 aromatic rings. The predicted octanol–water partition coefficient (Wildman–Crippen LogP) is 3.07. The van der Waals surface area contributed by atoms with Gasteiger partial charge in [0.1, 0.15) is 6.10 Å². The zero-order chi connectivity index (χ0) is 13.7. The Bertz CT molecular complexity index is 402. The van der Waals surface area contributed by atoms with Gasteiger partial charge in [-0.2, -0.15) is 11.8 Å². The van der Waals surface area contributed by atoms with Crippen molar-refractivity contribution in [3.63, 3.8) is 0 Å². The summed E-state index contributed by atoms with van der Waals surface area (Å²) in [5, 5.41) is 9.38. The molecular formula is C15H22O3S. The minimum absolute atomic E-state index is 0.0584. The Kier molecular flexibility index (Phi) is 5.40. The normalized spacial score (nSPS) is 18.1. The van der Waals surface area contributed by atoms with Gasteiger partial charge in [-0.15, -0.1) is 0 Å². The average molecular weight is 282 g/mol. The van der Waals surface area contributed by atoms with Crippen molar-refractivity contribution in [2.24, 2.45) is 0 Å². The highest BCUT2D eigenvalue weighted by Gasteiger charge is 2.21. The van der Waals surface area contributed by atoms with Crippen LogP contribution in [-0.4, -0.2) is 36.4 Å². The molecular weight excluding hydrogens is 260 g/mol. The summed E-state index contributed by atoms with van der Waals surface area (Å²) in [7, 11) is 1.66. The number of para-hydroxylation sites is 1. The first-order valence-electron chi connectivity index (χ1n) is 6.78.